The molecule has 0 aliphatic heterocycles. The first-order valence-electron chi connectivity index (χ1n) is 13.2. The number of aryl methyl sites for hydroxylation is 1. The molecule has 3 rings (SSSR count). The van der Waals surface area contributed by atoms with Crippen LogP contribution in [-0.2, 0) is 0 Å². The SMILES string of the molecule is C=C(CCC1CCC(c2ccc(C)cc2F)CC1)/C(F)=C(F)\C(=C/C)C1=CCC(CCC)CC1. The van der Waals surface area contributed by atoms with Crippen molar-refractivity contribution in [2.24, 2.45) is 11.8 Å². The maximum atomic E-state index is 15.1. The van der Waals surface area contributed by atoms with Crippen LogP contribution in [0.1, 0.15) is 102 Å². The Hall–Kier alpha value is -2.03. The van der Waals surface area contributed by atoms with E-state index in [0.717, 1.165) is 74.5 Å². The van der Waals surface area contributed by atoms with Gasteiger partial charge in [-0.2, -0.15) is 0 Å². The summed E-state index contributed by atoms with van der Waals surface area (Å²) < 4.78 is 44.4. The molecule has 1 unspecified atom stereocenters. The van der Waals surface area contributed by atoms with Gasteiger partial charge in [-0.15, -0.1) is 0 Å². The van der Waals surface area contributed by atoms with Crippen LogP contribution in [0.3, 0.4) is 0 Å². The van der Waals surface area contributed by atoms with Gasteiger partial charge in [0.1, 0.15) is 5.82 Å². The fourth-order valence-corrected chi connectivity index (χ4v) is 5.74. The number of allylic oxidation sites excluding steroid dienone is 7. The molecule has 0 spiro atoms. The summed E-state index contributed by atoms with van der Waals surface area (Å²) in [5.41, 5.74) is 3.34. The minimum absolute atomic E-state index is 0.103. The molecule has 1 fully saturated rings. The van der Waals surface area contributed by atoms with Gasteiger partial charge in [0.05, 0.1) is 0 Å². The first kappa shape index (κ1) is 26.6. The maximum Gasteiger partial charge on any atom is 0.166 e. The Balaban J connectivity index is 1.53. The van der Waals surface area contributed by atoms with Gasteiger partial charge in [0, 0.05) is 5.57 Å². The Bertz CT molecular complexity index is 941. The molecule has 0 N–H and O–H groups in total. The third kappa shape index (κ3) is 6.77. The van der Waals surface area contributed by atoms with Crippen molar-refractivity contribution in [2.45, 2.75) is 97.3 Å². The van der Waals surface area contributed by atoms with Crippen molar-refractivity contribution < 1.29 is 13.2 Å². The molecule has 186 valence electrons. The van der Waals surface area contributed by atoms with Gasteiger partial charge in [-0.3, -0.25) is 0 Å². The standard InChI is InChI=1S/C31H41F3/c1-5-7-23-11-15-25(16-12-23)27(6-2)31(34)30(33)22(4)9-10-24-13-17-26(18-14-24)28-19-8-21(3)20-29(28)32/h6,8,15,19-20,23-24,26H,4-5,7,9-14,16-18H2,1-3H3/b27-6-,31-30-. The number of benzene rings is 1. The molecule has 0 bridgehead atoms. The van der Waals surface area contributed by atoms with Gasteiger partial charge in [0.25, 0.3) is 0 Å². The summed E-state index contributed by atoms with van der Waals surface area (Å²) in [6.45, 7) is 9.74. The predicted octanol–water partition coefficient (Wildman–Crippen LogP) is 10.4. The van der Waals surface area contributed by atoms with Crippen LogP contribution < -0.4 is 0 Å². The smallest absolute Gasteiger partial charge is 0.166 e. The molecule has 0 amide bonds. The molecule has 0 heterocycles. The normalized spacial score (nSPS) is 24.5. The molecular formula is C31H41F3. The average molecular weight is 471 g/mol. The van der Waals surface area contributed by atoms with Gasteiger partial charge in [-0.05, 0) is 118 Å². The lowest BCUT2D eigenvalue weighted by Crippen LogP contribution is -2.14. The molecule has 1 aromatic rings. The van der Waals surface area contributed by atoms with E-state index in [0.29, 0.717) is 23.8 Å². The van der Waals surface area contributed by atoms with Crippen molar-refractivity contribution in [1.82, 2.24) is 0 Å². The van der Waals surface area contributed by atoms with Gasteiger partial charge in [0.15, 0.2) is 11.7 Å². The molecule has 2 aliphatic rings. The van der Waals surface area contributed by atoms with E-state index in [1.807, 2.05) is 19.1 Å². The zero-order valence-electron chi connectivity index (χ0n) is 21.2. The largest absolute Gasteiger partial charge is 0.207 e. The first-order valence-corrected chi connectivity index (χ1v) is 13.2. The van der Waals surface area contributed by atoms with Gasteiger partial charge in [-0.1, -0.05) is 50.6 Å². The van der Waals surface area contributed by atoms with Crippen LogP contribution in [-0.4, -0.2) is 0 Å². The van der Waals surface area contributed by atoms with Crippen LogP contribution in [0.5, 0.6) is 0 Å². The third-order valence-corrected chi connectivity index (χ3v) is 7.89. The second-order valence-corrected chi connectivity index (χ2v) is 10.4. The Morgan fingerprint density at radius 2 is 1.76 bits per heavy atom. The Morgan fingerprint density at radius 1 is 1.03 bits per heavy atom. The van der Waals surface area contributed by atoms with E-state index in [4.69, 9.17) is 0 Å². The van der Waals surface area contributed by atoms with Crippen molar-refractivity contribution in [3.05, 3.63) is 82.2 Å². The molecule has 0 aromatic heterocycles. The third-order valence-electron chi connectivity index (χ3n) is 7.89. The van der Waals surface area contributed by atoms with Crippen molar-refractivity contribution in [2.75, 3.05) is 0 Å². The van der Waals surface area contributed by atoms with E-state index >= 15 is 4.39 Å². The molecule has 34 heavy (non-hydrogen) atoms. The van der Waals surface area contributed by atoms with E-state index in [9.17, 15) is 8.78 Å². The van der Waals surface area contributed by atoms with E-state index < -0.39 is 11.7 Å². The van der Waals surface area contributed by atoms with E-state index in [1.165, 1.54) is 6.42 Å². The molecule has 1 saturated carbocycles. The number of halogens is 3. The summed E-state index contributed by atoms with van der Waals surface area (Å²) in [4.78, 5) is 0. The lowest BCUT2D eigenvalue weighted by atomic mass is 9.76. The summed E-state index contributed by atoms with van der Waals surface area (Å²) in [6.07, 6.45) is 14.1. The Labute approximate surface area is 204 Å². The summed E-state index contributed by atoms with van der Waals surface area (Å²) in [6, 6.07) is 5.51. The van der Waals surface area contributed by atoms with E-state index in [2.05, 4.69) is 19.6 Å². The minimum atomic E-state index is -0.792. The molecule has 0 nitrogen and oxygen atoms in total. The molecule has 2 aliphatic carbocycles. The Kier molecular flexibility index (Phi) is 9.85. The lowest BCUT2D eigenvalue weighted by molar-refractivity contribution is 0.306. The highest BCUT2D eigenvalue weighted by Crippen LogP contribution is 2.40. The highest BCUT2D eigenvalue weighted by Gasteiger charge is 2.25. The summed E-state index contributed by atoms with van der Waals surface area (Å²) in [7, 11) is 0. The molecule has 1 atom stereocenters. The van der Waals surface area contributed by atoms with Crippen LogP contribution in [0.25, 0.3) is 0 Å². The van der Waals surface area contributed by atoms with Crippen molar-refractivity contribution >= 4 is 0 Å². The van der Waals surface area contributed by atoms with Crippen LogP contribution in [0, 0.1) is 24.6 Å². The molecular weight excluding hydrogens is 429 g/mol. The summed E-state index contributed by atoms with van der Waals surface area (Å²) >= 11 is 0. The topological polar surface area (TPSA) is 0 Å². The average Bonchev–Trinajstić information content (AvgIpc) is 2.84. The zero-order valence-corrected chi connectivity index (χ0v) is 21.2. The van der Waals surface area contributed by atoms with E-state index in [-0.39, 0.29) is 17.3 Å². The maximum absolute atomic E-state index is 15.1. The second-order valence-electron chi connectivity index (χ2n) is 10.4. The zero-order chi connectivity index (χ0) is 24.7. The van der Waals surface area contributed by atoms with Gasteiger partial charge < -0.3 is 0 Å². The van der Waals surface area contributed by atoms with Crippen LogP contribution in [0.4, 0.5) is 13.2 Å². The van der Waals surface area contributed by atoms with Gasteiger partial charge in [0.2, 0.25) is 0 Å². The van der Waals surface area contributed by atoms with Gasteiger partial charge in [-0.25, -0.2) is 13.2 Å². The Morgan fingerprint density at radius 3 is 2.35 bits per heavy atom. The summed E-state index contributed by atoms with van der Waals surface area (Å²) in [5, 5.41) is 0. The van der Waals surface area contributed by atoms with Crippen LogP contribution in [0.2, 0.25) is 0 Å². The quantitative estimate of drug-likeness (QED) is 0.315. The van der Waals surface area contributed by atoms with Crippen molar-refractivity contribution in [3.63, 3.8) is 0 Å². The number of hydrogen-bond acceptors (Lipinski definition) is 0. The molecule has 1 aromatic carbocycles. The monoisotopic (exact) mass is 470 g/mol. The van der Waals surface area contributed by atoms with Crippen molar-refractivity contribution in [3.8, 4) is 0 Å². The van der Waals surface area contributed by atoms with Crippen LogP contribution in [0.15, 0.2) is 65.3 Å². The highest BCUT2D eigenvalue weighted by atomic mass is 19.2. The fraction of sp³-hybridized carbons (Fsp3) is 0.548. The second kappa shape index (κ2) is 12.6. The van der Waals surface area contributed by atoms with Gasteiger partial charge >= 0.3 is 0 Å². The molecule has 0 radical (unpaired) electrons. The number of hydrogen-bond donors (Lipinski definition) is 0. The number of rotatable bonds is 9. The van der Waals surface area contributed by atoms with E-state index in [1.54, 1.807) is 19.1 Å². The van der Waals surface area contributed by atoms with Crippen LogP contribution >= 0.6 is 0 Å². The minimum Gasteiger partial charge on any atom is -0.207 e. The lowest BCUT2D eigenvalue weighted by Gasteiger charge is -2.29. The van der Waals surface area contributed by atoms with Crippen molar-refractivity contribution in [1.29, 1.82) is 0 Å². The highest BCUT2D eigenvalue weighted by molar-refractivity contribution is 5.48. The summed E-state index contributed by atoms with van der Waals surface area (Å²) in [5.74, 6) is -0.280. The predicted molar refractivity (Wildman–Crippen MR) is 138 cm³/mol. The first-order chi connectivity index (χ1) is 16.3. The molecule has 0 saturated heterocycles. The fourth-order valence-electron chi connectivity index (χ4n) is 5.74. The molecule has 3 heteroatoms.